The van der Waals surface area contributed by atoms with Crippen LogP contribution in [0.1, 0.15) is 47.9 Å². The van der Waals surface area contributed by atoms with Gasteiger partial charge in [-0.2, -0.15) is 10.4 Å². The van der Waals surface area contributed by atoms with Gasteiger partial charge in [0.15, 0.2) is 0 Å². The molecule has 2 aromatic rings. The Labute approximate surface area is 145 Å². The van der Waals surface area contributed by atoms with Crippen LogP contribution in [0.15, 0.2) is 29.1 Å². The van der Waals surface area contributed by atoms with E-state index in [4.69, 9.17) is 5.26 Å². The van der Waals surface area contributed by atoms with E-state index in [2.05, 4.69) is 10.4 Å². The Morgan fingerprint density at radius 1 is 1.44 bits per heavy atom. The van der Waals surface area contributed by atoms with E-state index in [1.807, 2.05) is 13.0 Å². The summed E-state index contributed by atoms with van der Waals surface area (Å²) < 4.78 is 3.25. The molecular formula is C18H21N5O2. The number of nitriles is 1. The van der Waals surface area contributed by atoms with E-state index < -0.39 is 0 Å². The largest absolute Gasteiger partial charge is 0.349 e. The van der Waals surface area contributed by atoms with Crippen LogP contribution >= 0.6 is 0 Å². The van der Waals surface area contributed by atoms with Crippen LogP contribution < -0.4 is 11.0 Å². The number of aromatic nitrogens is 3. The molecule has 1 unspecified atom stereocenters. The molecule has 1 N–H and O–H groups in total. The maximum absolute atomic E-state index is 12.4. The SMILES string of the molecule is CCCn1nc2n(c1=O)CCC(NC(=O)c1cccc(C#N)c1)CC2. The molecule has 0 radical (unpaired) electrons. The van der Waals surface area contributed by atoms with Crippen LogP contribution in [0.4, 0.5) is 0 Å². The first-order valence-electron chi connectivity index (χ1n) is 8.60. The monoisotopic (exact) mass is 339 g/mol. The predicted octanol–water partition coefficient (Wildman–Crippen LogP) is 1.46. The smallest absolute Gasteiger partial charge is 0.345 e. The molecule has 0 fully saturated rings. The minimum absolute atomic E-state index is 0.0148. The van der Waals surface area contributed by atoms with Gasteiger partial charge in [0.25, 0.3) is 5.91 Å². The van der Waals surface area contributed by atoms with E-state index in [1.54, 1.807) is 28.8 Å². The molecular weight excluding hydrogens is 318 g/mol. The number of fused-ring (bicyclic) bond motifs is 1. The van der Waals surface area contributed by atoms with Crippen LogP contribution in [0.2, 0.25) is 0 Å². The average molecular weight is 339 g/mol. The van der Waals surface area contributed by atoms with Gasteiger partial charge in [0.2, 0.25) is 0 Å². The zero-order chi connectivity index (χ0) is 17.8. The first-order chi connectivity index (χ1) is 12.1. The van der Waals surface area contributed by atoms with Crippen molar-refractivity contribution in [3.63, 3.8) is 0 Å². The fourth-order valence-corrected chi connectivity index (χ4v) is 3.13. The standard InChI is InChI=1S/C18H21N5O2/c1-2-9-23-18(25)22-10-8-15(6-7-16(22)21-23)20-17(24)14-5-3-4-13(11-14)12-19/h3-5,11,15H,2,6-10H2,1H3,(H,20,24). The van der Waals surface area contributed by atoms with Gasteiger partial charge in [0, 0.05) is 31.1 Å². The number of rotatable bonds is 4. The molecule has 1 aliphatic rings. The number of hydrogen-bond donors (Lipinski definition) is 1. The van der Waals surface area contributed by atoms with Gasteiger partial charge in [-0.15, -0.1) is 0 Å². The third-order valence-electron chi connectivity index (χ3n) is 4.44. The summed E-state index contributed by atoms with van der Waals surface area (Å²) in [5, 5.41) is 16.4. The summed E-state index contributed by atoms with van der Waals surface area (Å²) in [6.07, 6.45) is 2.96. The molecule has 7 nitrogen and oxygen atoms in total. The molecule has 25 heavy (non-hydrogen) atoms. The maximum atomic E-state index is 12.4. The molecule has 1 aliphatic heterocycles. The van der Waals surface area contributed by atoms with Crippen molar-refractivity contribution in [1.82, 2.24) is 19.7 Å². The van der Waals surface area contributed by atoms with Crippen molar-refractivity contribution in [2.45, 2.75) is 51.7 Å². The van der Waals surface area contributed by atoms with Gasteiger partial charge >= 0.3 is 5.69 Å². The Balaban J connectivity index is 1.67. The first kappa shape index (κ1) is 17.0. The molecule has 1 aromatic carbocycles. The summed E-state index contributed by atoms with van der Waals surface area (Å²) >= 11 is 0. The zero-order valence-corrected chi connectivity index (χ0v) is 14.2. The molecule has 3 rings (SSSR count). The highest BCUT2D eigenvalue weighted by molar-refractivity contribution is 5.94. The molecule has 0 spiro atoms. The lowest BCUT2D eigenvalue weighted by Gasteiger charge is -2.16. The number of carbonyl (C=O) groups excluding carboxylic acids is 1. The third-order valence-corrected chi connectivity index (χ3v) is 4.44. The quantitative estimate of drug-likeness (QED) is 0.913. The van der Waals surface area contributed by atoms with Crippen molar-refractivity contribution >= 4 is 5.91 Å². The minimum Gasteiger partial charge on any atom is -0.349 e. The number of nitrogens with one attached hydrogen (secondary N) is 1. The Morgan fingerprint density at radius 3 is 3.04 bits per heavy atom. The van der Waals surface area contributed by atoms with Crippen LogP contribution in [0, 0.1) is 11.3 Å². The van der Waals surface area contributed by atoms with E-state index >= 15 is 0 Å². The Bertz CT molecular complexity index is 874. The molecule has 7 heteroatoms. The normalized spacial score (nSPS) is 16.6. The van der Waals surface area contributed by atoms with E-state index in [0.29, 0.717) is 37.1 Å². The summed E-state index contributed by atoms with van der Waals surface area (Å²) in [6.45, 7) is 3.21. The van der Waals surface area contributed by atoms with Crippen molar-refractivity contribution < 1.29 is 4.79 Å². The van der Waals surface area contributed by atoms with Gasteiger partial charge in [-0.05, 0) is 37.5 Å². The zero-order valence-electron chi connectivity index (χ0n) is 14.2. The topological polar surface area (TPSA) is 92.7 Å². The van der Waals surface area contributed by atoms with E-state index in [0.717, 1.165) is 18.7 Å². The second-order valence-electron chi connectivity index (χ2n) is 6.26. The van der Waals surface area contributed by atoms with Crippen molar-refractivity contribution in [3.8, 4) is 6.07 Å². The summed E-state index contributed by atoms with van der Waals surface area (Å²) in [7, 11) is 0. The van der Waals surface area contributed by atoms with E-state index in [1.165, 1.54) is 4.68 Å². The average Bonchev–Trinajstić information content (AvgIpc) is 2.80. The molecule has 1 atom stereocenters. The van der Waals surface area contributed by atoms with Crippen LogP contribution in [0.25, 0.3) is 0 Å². The number of carbonyl (C=O) groups is 1. The Hall–Kier alpha value is -2.88. The van der Waals surface area contributed by atoms with Gasteiger partial charge in [-0.25, -0.2) is 9.48 Å². The second kappa shape index (κ2) is 7.34. The second-order valence-corrected chi connectivity index (χ2v) is 6.26. The Kier molecular flexibility index (Phi) is 4.98. The first-order valence-corrected chi connectivity index (χ1v) is 8.60. The minimum atomic E-state index is -0.190. The molecule has 0 saturated heterocycles. The summed E-state index contributed by atoms with van der Waals surface area (Å²) in [4.78, 5) is 24.7. The van der Waals surface area contributed by atoms with E-state index in [-0.39, 0.29) is 17.6 Å². The lowest BCUT2D eigenvalue weighted by atomic mass is 10.1. The van der Waals surface area contributed by atoms with Crippen molar-refractivity contribution in [1.29, 1.82) is 5.26 Å². The number of hydrogen-bond acceptors (Lipinski definition) is 4. The highest BCUT2D eigenvalue weighted by atomic mass is 16.2. The van der Waals surface area contributed by atoms with E-state index in [9.17, 15) is 9.59 Å². The van der Waals surface area contributed by atoms with Gasteiger partial charge < -0.3 is 5.32 Å². The fourth-order valence-electron chi connectivity index (χ4n) is 3.13. The van der Waals surface area contributed by atoms with Crippen molar-refractivity contribution in [3.05, 3.63) is 51.7 Å². The van der Waals surface area contributed by atoms with Crippen LogP contribution in [-0.4, -0.2) is 26.3 Å². The molecule has 0 aliphatic carbocycles. The van der Waals surface area contributed by atoms with Gasteiger partial charge in [-0.3, -0.25) is 9.36 Å². The van der Waals surface area contributed by atoms with Crippen LogP contribution in [0.3, 0.4) is 0 Å². The molecule has 1 amide bonds. The summed E-state index contributed by atoms with van der Waals surface area (Å²) in [6, 6.07) is 8.67. The number of nitrogens with zero attached hydrogens (tertiary/aromatic N) is 4. The van der Waals surface area contributed by atoms with Crippen LogP contribution in [-0.2, 0) is 19.5 Å². The lowest BCUT2D eigenvalue weighted by Crippen LogP contribution is -2.35. The highest BCUT2D eigenvalue weighted by Crippen LogP contribution is 2.13. The van der Waals surface area contributed by atoms with Gasteiger partial charge in [0.05, 0.1) is 11.6 Å². The third kappa shape index (κ3) is 3.63. The summed E-state index contributed by atoms with van der Waals surface area (Å²) in [5.41, 5.74) is 0.877. The number of benzene rings is 1. The Morgan fingerprint density at radius 2 is 2.28 bits per heavy atom. The maximum Gasteiger partial charge on any atom is 0.345 e. The molecule has 1 aromatic heterocycles. The summed E-state index contributed by atoms with van der Waals surface area (Å²) in [5.74, 6) is 0.603. The van der Waals surface area contributed by atoms with Gasteiger partial charge in [-0.1, -0.05) is 13.0 Å². The van der Waals surface area contributed by atoms with Crippen molar-refractivity contribution in [2.75, 3.05) is 0 Å². The van der Waals surface area contributed by atoms with Gasteiger partial charge in [0.1, 0.15) is 5.82 Å². The highest BCUT2D eigenvalue weighted by Gasteiger charge is 2.22. The molecule has 2 heterocycles. The van der Waals surface area contributed by atoms with Crippen LogP contribution in [0.5, 0.6) is 0 Å². The number of aryl methyl sites for hydroxylation is 2. The number of amides is 1. The lowest BCUT2D eigenvalue weighted by molar-refractivity contribution is 0.0933. The van der Waals surface area contributed by atoms with Crippen molar-refractivity contribution in [2.24, 2.45) is 0 Å². The molecule has 0 bridgehead atoms. The fraction of sp³-hybridized carbons (Fsp3) is 0.444. The predicted molar refractivity (Wildman–Crippen MR) is 92.1 cm³/mol. The molecule has 130 valence electrons. The molecule has 0 saturated carbocycles.